The molecule has 90 valence electrons. The molecule has 0 spiro atoms. The van der Waals surface area contributed by atoms with Gasteiger partial charge in [-0.05, 0) is 0 Å². The first-order chi connectivity index (χ1) is 8.04. The molecular formula is C11H8F3NO2. The maximum atomic E-state index is 12.8. The van der Waals surface area contributed by atoms with Gasteiger partial charge in [-0.3, -0.25) is 0 Å². The van der Waals surface area contributed by atoms with E-state index in [-0.39, 0.29) is 5.69 Å². The molecule has 0 radical (unpaired) electrons. The minimum absolute atomic E-state index is 0.295. The fourth-order valence-corrected chi connectivity index (χ4v) is 1.52. The number of hydrogen-bond donors (Lipinski definition) is 1. The Hall–Kier alpha value is -1.82. The summed E-state index contributed by atoms with van der Waals surface area (Å²) in [6.07, 6.45) is -4.61. The maximum absolute atomic E-state index is 12.8. The highest BCUT2D eigenvalue weighted by atomic mass is 19.4. The standard InChI is InChI=1S/C11H8F3NO2/c12-11(13,14)9-8(6-16)17-15-10(9)7-4-2-1-3-5-7/h1-5,16H,6H2. The maximum Gasteiger partial charge on any atom is 0.422 e. The van der Waals surface area contributed by atoms with Crippen LogP contribution in [0.25, 0.3) is 11.3 Å². The SMILES string of the molecule is OCc1onc(-c2ccccc2)c1C(F)(F)F. The Kier molecular flexibility index (Phi) is 2.89. The van der Waals surface area contributed by atoms with Crippen LogP contribution in [0.15, 0.2) is 34.9 Å². The Balaban J connectivity index is 2.60. The molecule has 0 aliphatic heterocycles. The topological polar surface area (TPSA) is 46.3 Å². The number of halogens is 3. The number of hydrogen-bond acceptors (Lipinski definition) is 3. The van der Waals surface area contributed by atoms with Crippen LogP contribution in [-0.4, -0.2) is 10.3 Å². The van der Waals surface area contributed by atoms with E-state index >= 15 is 0 Å². The zero-order valence-corrected chi connectivity index (χ0v) is 8.53. The summed E-state index contributed by atoms with van der Waals surface area (Å²) < 4.78 is 42.9. The molecule has 0 fully saturated rings. The van der Waals surface area contributed by atoms with E-state index in [2.05, 4.69) is 9.68 Å². The Labute approximate surface area is 94.5 Å². The van der Waals surface area contributed by atoms with Gasteiger partial charge < -0.3 is 9.63 Å². The summed E-state index contributed by atoms with van der Waals surface area (Å²) in [7, 11) is 0. The lowest BCUT2D eigenvalue weighted by Gasteiger charge is -2.06. The van der Waals surface area contributed by atoms with Crippen LogP contribution >= 0.6 is 0 Å². The van der Waals surface area contributed by atoms with Crippen LogP contribution in [0.1, 0.15) is 11.3 Å². The van der Waals surface area contributed by atoms with E-state index in [1.165, 1.54) is 12.1 Å². The Morgan fingerprint density at radius 1 is 1.18 bits per heavy atom. The average Bonchev–Trinajstić information content (AvgIpc) is 2.73. The summed E-state index contributed by atoms with van der Waals surface area (Å²) in [5.74, 6) is -0.573. The fraction of sp³-hybridized carbons (Fsp3) is 0.182. The molecular weight excluding hydrogens is 235 g/mol. The number of aliphatic hydroxyl groups is 1. The molecule has 3 nitrogen and oxygen atoms in total. The third kappa shape index (κ3) is 2.16. The summed E-state index contributed by atoms with van der Waals surface area (Å²) in [5, 5.41) is 12.2. The van der Waals surface area contributed by atoms with Gasteiger partial charge in [-0.25, -0.2) is 0 Å². The first-order valence-electron chi connectivity index (χ1n) is 4.76. The predicted octanol–water partition coefficient (Wildman–Crippen LogP) is 2.85. The normalized spacial score (nSPS) is 11.8. The van der Waals surface area contributed by atoms with Crippen molar-refractivity contribution in [1.29, 1.82) is 0 Å². The third-order valence-corrected chi connectivity index (χ3v) is 2.24. The number of benzene rings is 1. The average molecular weight is 243 g/mol. The molecule has 0 aliphatic rings. The molecule has 17 heavy (non-hydrogen) atoms. The monoisotopic (exact) mass is 243 g/mol. The molecule has 2 rings (SSSR count). The third-order valence-electron chi connectivity index (χ3n) is 2.24. The molecule has 6 heteroatoms. The second-order valence-corrected chi connectivity index (χ2v) is 3.35. The smallest absolute Gasteiger partial charge is 0.388 e. The molecule has 1 heterocycles. The predicted molar refractivity (Wildman–Crippen MR) is 52.9 cm³/mol. The van der Waals surface area contributed by atoms with Crippen LogP contribution in [0.2, 0.25) is 0 Å². The summed E-state index contributed by atoms with van der Waals surface area (Å²) in [4.78, 5) is 0. The van der Waals surface area contributed by atoms with Crippen molar-refractivity contribution in [2.75, 3.05) is 0 Å². The molecule has 0 aliphatic carbocycles. The molecule has 1 aromatic heterocycles. The van der Waals surface area contributed by atoms with Crippen LogP contribution in [-0.2, 0) is 12.8 Å². The van der Waals surface area contributed by atoms with Crippen molar-refractivity contribution in [1.82, 2.24) is 5.16 Å². The number of aliphatic hydroxyl groups excluding tert-OH is 1. The van der Waals surface area contributed by atoms with Crippen LogP contribution in [0.3, 0.4) is 0 Å². The highest BCUT2D eigenvalue weighted by Crippen LogP contribution is 2.38. The summed E-state index contributed by atoms with van der Waals surface area (Å²) in [6.45, 7) is -0.839. The van der Waals surface area contributed by atoms with Gasteiger partial charge in [0.25, 0.3) is 0 Å². The zero-order chi connectivity index (χ0) is 12.5. The van der Waals surface area contributed by atoms with Crippen molar-refractivity contribution in [3.63, 3.8) is 0 Å². The van der Waals surface area contributed by atoms with Gasteiger partial charge in [0.15, 0.2) is 5.76 Å². The van der Waals surface area contributed by atoms with Gasteiger partial charge in [-0.15, -0.1) is 0 Å². The van der Waals surface area contributed by atoms with Gasteiger partial charge >= 0.3 is 6.18 Å². The number of rotatable bonds is 2. The first kappa shape index (κ1) is 11.7. The van der Waals surface area contributed by atoms with Crippen molar-refractivity contribution in [3.8, 4) is 11.3 Å². The molecule has 2 aromatic rings. The van der Waals surface area contributed by atoms with E-state index in [0.29, 0.717) is 5.56 Å². The van der Waals surface area contributed by atoms with E-state index in [1.807, 2.05) is 0 Å². The molecule has 1 N–H and O–H groups in total. The molecule has 0 saturated heterocycles. The van der Waals surface area contributed by atoms with E-state index in [4.69, 9.17) is 5.11 Å². The summed E-state index contributed by atoms with van der Waals surface area (Å²) in [5.41, 5.74) is -1.03. The molecule has 0 amide bonds. The van der Waals surface area contributed by atoms with Crippen molar-refractivity contribution in [3.05, 3.63) is 41.7 Å². The molecule has 0 atom stereocenters. The van der Waals surface area contributed by atoms with Crippen LogP contribution in [0, 0.1) is 0 Å². The van der Waals surface area contributed by atoms with Gasteiger partial charge in [-0.1, -0.05) is 35.5 Å². The van der Waals surface area contributed by atoms with Crippen molar-refractivity contribution in [2.24, 2.45) is 0 Å². The lowest BCUT2D eigenvalue weighted by molar-refractivity contribution is -0.138. The highest BCUT2D eigenvalue weighted by molar-refractivity contribution is 5.64. The van der Waals surface area contributed by atoms with E-state index in [1.54, 1.807) is 18.2 Å². The van der Waals surface area contributed by atoms with Crippen molar-refractivity contribution in [2.45, 2.75) is 12.8 Å². The Morgan fingerprint density at radius 2 is 1.82 bits per heavy atom. The van der Waals surface area contributed by atoms with Gasteiger partial charge in [-0.2, -0.15) is 13.2 Å². The molecule has 1 aromatic carbocycles. The lowest BCUT2D eigenvalue weighted by atomic mass is 10.1. The largest absolute Gasteiger partial charge is 0.422 e. The van der Waals surface area contributed by atoms with Gasteiger partial charge in [0.2, 0.25) is 0 Å². The number of nitrogens with zero attached hydrogens (tertiary/aromatic N) is 1. The van der Waals surface area contributed by atoms with E-state index in [9.17, 15) is 13.2 Å². The second-order valence-electron chi connectivity index (χ2n) is 3.35. The van der Waals surface area contributed by atoms with Crippen LogP contribution < -0.4 is 0 Å². The molecule has 0 unspecified atom stereocenters. The lowest BCUT2D eigenvalue weighted by Crippen LogP contribution is -2.08. The van der Waals surface area contributed by atoms with E-state index < -0.39 is 24.1 Å². The molecule has 0 saturated carbocycles. The van der Waals surface area contributed by atoms with Gasteiger partial charge in [0.05, 0.1) is 0 Å². The van der Waals surface area contributed by atoms with Crippen molar-refractivity contribution < 1.29 is 22.8 Å². The van der Waals surface area contributed by atoms with Crippen molar-refractivity contribution >= 4 is 0 Å². The van der Waals surface area contributed by atoms with E-state index in [0.717, 1.165) is 0 Å². The number of alkyl halides is 3. The van der Waals surface area contributed by atoms with Gasteiger partial charge in [0, 0.05) is 5.56 Å². The van der Waals surface area contributed by atoms with Crippen LogP contribution in [0.5, 0.6) is 0 Å². The van der Waals surface area contributed by atoms with Crippen LogP contribution in [0.4, 0.5) is 13.2 Å². The zero-order valence-electron chi connectivity index (χ0n) is 8.53. The minimum Gasteiger partial charge on any atom is -0.388 e. The number of aromatic nitrogens is 1. The first-order valence-corrected chi connectivity index (χ1v) is 4.76. The molecule has 0 bridgehead atoms. The Morgan fingerprint density at radius 3 is 2.35 bits per heavy atom. The summed E-state index contributed by atoms with van der Waals surface area (Å²) >= 11 is 0. The quantitative estimate of drug-likeness (QED) is 0.882. The fourth-order valence-electron chi connectivity index (χ4n) is 1.52. The minimum atomic E-state index is -4.61. The van der Waals surface area contributed by atoms with Gasteiger partial charge in [0.1, 0.15) is 17.9 Å². The highest BCUT2D eigenvalue weighted by Gasteiger charge is 2.40. The summed E-state index contributed by atoms with van der Waals surface area (Å²) in [6, 6.07) is 7.87. The Bertz CT molecular complexity index is 505. The second kappa shape index (κ2) is 4.21.